The van der Waals surface area contributed by atoms with Crippen LogP contribution in [0, 0.1) is 5.92 Å². The van der Waals surface area contributed by atoms with Gasteiger partial charge in [-0.3, -0.25) is 0 Å². The fraction of sp³-hybridized carbons (Fsp3) is 0.684. The zero-order chi connectivity index (χ0) is 14.8. The summed E-state index contributed by atoms with van der Waals surface area (Å²) >= 11 is 0. The molecule has 20 heavy (non-hydrogen) atoms. The van der Waals surface area contributed by atoms with Crippen LogP contribution in [0.5, 0.6) is 0 Å². The zero-order valence-corrected chi connectivity index (χ0v) is 13.8. The predicted octanol–water partition coefficient (Wildman–Crippen LogP) is 5.36. The Hall–Kier alpha value is -0.820. The molecule has 1 heteroatoms. The summed E-state index contributed by atoms with van der Waals surface area (Å²) in [7, 11) is 2.26. The first kappa shape index (κ1) is 17.2. The van der Waals surface area contributed by atoms with Gasteiger partial charge in [0.05, 0.1) is 0 Å². The number of hydrogen-bond donors (Lipinski definition) is 0. The van der Waals surface area contributed by atoms with Gasteiger partial charge < -0.3 is 4.90 Å². The Bertz CT molecular complexity index is 338. The first-order valence-corrected chi connectivity index (χ1v) is 8.39. The Morgan fingerprint density at radius 2 is 2.00 bits per heavy atom. The maximum absolute atomic E-state index is 3.93. The van der Waals surface area contributed by atoms with Crippen molar-refractivity contribution in [1.82, 2.24) is 4.90 Å². The van der Waals surface area contributed by atoms with Gasteiger partial charge in [-0.2, -0.15) is 0 Å². The van der Waals surface area contributed by atoms with Crippen molar-refractivity contribution in [3.05, 3.63) is 36.0 Å². The maximum Gasteiger partial charge on any atom is -0.00186 e. The lowest BCUT2D eigenvalue weighted by Gasteiger charge is -2.22. The molecule has 114 valence electrons. The van der Waals surface area contributed by atoms with E-state index in [1.54, 1.807) is 11.1 Å². The average Bonchev–Trinajstić information content (AvgIpc) is 2.47. The monoisotopic (exact) mass is 275 g/mol. The molecule has 1 nitrogen and oxygen atoms in total. The molecule has 1 unspecified atom stereocenters. The van der Waals surface area contributed by atoms with E-state index in [9.17, 15) is 0 Å². The van der Waals surface area contributed by atoms with Crippen molar-refractivity contribution in [1.29, 1.82) is 0 Å². The van der Waals surface area contributed by atoms with Crippen molar-refractivity contribution in [3.63, 3.8) is 0 Å². The van der Waals surface area contributed by atoms with Gasteiger partial charge >= 0.3 is 0 Å². The Morgan fingerprint density at radius 1 is 1.25 bits per heavy atom. The highest BCUT2D eigenvalue weighted by molar-refractivity contribution is 5.35. The second-order valence-corrected chi connectivity index (χ2v) is 6.06. The minimum Gasteiger partial charge on any atom is -0.306 e. The van der Waals surface area contributed by atoms with Gasteiger partial charge in [0, 0.05) is 0 Å². The van der Waals surface area contributed by atoms with Crippen LogP contribution in [0.2, 0.25) is 0 Å². The van der Waals surface area contributed by atoms with Gasteiger partial charge in [-0.1, -0.05) is 44.6 Å². The fourth-order valence-electron chi connectivity index (χ4n) is 3.32. The number of hydrogen-bond acceptors (Lipinski definition) is 1. The van der Waals surface area contributed by atoms with Gasteiger partial charge in [0.15, 0.2) is 0 Å². The minimum atomic E-state index is 0.729. The molecule has 1 saturated heterocycles. The Balaban J connectivity index is 2.93. The van der Waals surface area contributed by atoms with E-state index in [0.29, 0.717) is 0 Å². The second kappa shape index (κ2) is 9.99. The lowest BCUT2D eigenvalue weighted by Crippen LogP contribution is -2.20. The quantitative estimate of drug-likeness (QED) is 0.670. The van der Waals surface area contributed by atoms with Crippen LogP contribution in [0.3, 0.4) is 0 Å². The predicted molar refractivity (Wildman–Crippen MR) is 91.0 cm³/mol. The smallest absolute Gasteiger partial charge is 0.00186 e. The molecule has 0 aliphatic carbocycles. The Kier molecular flexibility index (Phi) is 8.60. The molecule has 1 rings (SSSR count). The molecule has 0 aromatic rings. The van der Waals surface area contributed by atoms with E-state index in [-0.39, 0.29) is 0 Å². The summed E-state index contributed by atoms with van der Waals surface area (Å²) in [6.45, 7) is 10.9. The highest BCUT2D eigenvalue weighted by atomic mass is 15.1. The van der Waals surface area contributed by atoms with Gasteiger partial charge in [-0.25, -0.2) is 0 Å². The summed E-state index contributed by atoms with van der Waals surface area (Å²) in [5.41, 5.74) is 3.12. The second-order valence-electron chi connectivity index (χ2n) is 6.06. The van der Waals surface area contributed by atoms with Crippen LogP contribution >= 0.6 is 0 Å². The first-order valence-electron chi connectivity index (χ1n) is 8.39. The van der Waals surface area contributed by atoms with E-state index in [4.69, 9.17) is 0 Å². The third-order valence-electron chi connectivity index (χ3n) is 4.42. The summed E-state index contributed by atoms with van der Waals surface area (Å²) in [5, 5.41) is 0. The third kappa shape index (κ3) is 5.66. The average molecular weight is 275 g/mol. The lowest BCUT2D eigenvalue weighted by molar-refractivity contribution is 0.319. The van der Waals surface area contributed by atoms with Crippen molar-refractivity contribution in [2.45, 2.75) is 58.8 Å². The largest absolute Gasteiger partial charge is 0.306 e. The number of rotatable bonds is 3. The molecule has 1 aliphatic rings. The van der Waals surface area contributed by atoms with E-state index >= 15 is 0 Å². The topological polar surface area (TPSA) is 3.24 Å². The summed E-state index contributed by atoms with van der Waals surface area (Å²) < 4.78 is 0. The molecule has 1 heterocycles. The van der Waals surface area contributed by atoms with E-state index in [0.717, 1.165) is 5.92 Å². The SMILES string of the molecule is C=CC=C1/C(=C\C)CCCN(C)CCCCC1CCC. The van der Waals surface area contributed by atoms with Crippen LogP contribution in [0.25, 0.3) is 0 Å². The van der Waals surface area contributed by atoms with Crippen LogP contribution in [-0.4, -0.2) is 25.0 Å². The van der Waals surface area contributed by atoms with Crippen LogP contribution in [0.15, 0.2) is 36.0 Å². The van der Waals surface area contributed by atoms with Crippen LogP contribution < -0.4 is 0 Å². The van der Waals surface area contributed by atoms with Crippen molar-refractivity contribution >= 4 is 0 Å². The van der Waals surface area contributed by atoms with Gasteiger partial charge in [0.2, 0.25) is 0 Å². The molecular formula is C19H33N. The molecule has 1 fully saturated rings. The van der Waals surface area contributed by atoms with Gasteiger partial charge in [-0.05, 0) is 76.2 Å². The van der Waals surface area contributed by atoms with Crippen molar-refractivity contribution < 1.29 is 0 Å². The molecule has 0 spiro atoms. The molecule has 0 bridgehead atoms. The van der Waals surface area contributed by atoms with Gasteiger partial charge in [-0.15, -0.1) is 0 Å². The Morgan fingerprint density at radius 3 is 2.65 bits per heavy atom. The van der Waals surface area contributed by atoms with Crippen molar-refractivity contribution in [2.24, 2.45) is 5.92 Å². The Labute approximate surface area is 126 Å². The van der Waals surface area contributed by atoms with E-state index in [1.807, 2.05) is 6.08 Å². The molecular weight excluding hydrogens is 242 g/mol. The van der Waals surface area contributed by atoms with Crippen molar-refractivity contribution in [3.8, 4) is 0 Å². The summed E-state index contributed by atoms with van der Waals surface area (Å²) in [6, 6.07) is 0. The highest BCUT2D eigenvalue weighted by Crippen LogP contribution is 2.31. The van der Waals surface area contributed by atoms with Crippen LogP contribution in [0.1, 0.15) is 58.8 Å². The van der Waals surface area contributed by atoms with E-state index in [2.05, 4.69) is 44.5 Å². The third-order valence-corrected chi connectivity index (χ3v) is 4.42. The number of nitrogens with zero attached hydrogens (tertiary/aromatic N) is 1. The molecule has 0 N–H and O–H groups in total. The lowest BCUT2D eigenvalue weighted by atomic mass is 9.83. The highest BCUT2D eigenvalue weighted by Gasteiger charge is 2.17. The molecule has 0 aromatic heterocycles. The van der Waals surface area contributed by atoms with Crippen molar-refractivity contribution in [2.75, 3.05) is 20.1 Å². The zero-order valence-electron chi connectivity index (χ0n) is 13.8. The van der Waals surface area contributed by atoms with Crippen LogP contribution in [-0.2, 0) is 0 Å². The van der Waals surface area contributed by atoms with Gasteiger partial charge in [0.1, 0.15) is 0 Å². The molecule has 1 atom stereocenters. The number of allylic oxidation sites excluding steroid dienone is 5. The fourth-order valence-corrected chi connectivity index (χ4v) is 3.32. The first-order chi connectivity index (χ1) is 9.72. The van der Waals surface area contributed by atoms with Gasteiger partial charge in [0.25, 0.3) is 0 Å². The summed E-state index contributed by atoms with van der Waals surface area (Å²) in [4.78, 5) is 2.49. The summed E-state index contributed by atoms with van der Waals surface area (Å²) in [5.74, 6) is 0.729. The van der Waals surface area contributed by atoms with E-state index in [1.165, 1.54) is 58.0 Å². The molecule has 0 radical (unpaired) electrons. The maximum atomic E-state index is 3.93. The summed E-state index contributed by atoms with van der Waals surface area (Å²) in [6.07, 6.45) is 15.7. The molecule has 1 aliphatic heterocycles. The normalized spacial score (nSPS) is 27.4. The minimum absolute atomic E-state index is 0.729. The molecule has 0 aromatic carbocycles. The van der Waals surface area contributed by atoms with E-state index < -0.39 is 0 Å². The molecule has 0 amide bonds. The molecule has 0 saturated carbocycles. The van der Waals surface area contributed by atoms with Crippen LogP contribution in [0.4, 0.5) is 0 Å². The standard InChI is InChI=1S/C19H33N/c1-5-11-18-13-8-9-15-20(4)16-10-14-17(7-3)19(18)12-6-2/h6-7,12,18H,2,5,8-11,13-16H2,1,3-4H3/b17-7-,19-12?.